The van der Waals surface area contributed by atoms with Crippen LogP contribution in [0.5, 0.6) is 5.75 Å². The highest BCUT2D eigenvalue weighted by Gasteiger charge is 2.18. The first-order valence-corrected chi connectivity index (χ1v) is 9.43. The zero-order valence-corrected chi connectivity index (χ0v) is 17.4. The number of aromatic nitrogens is 4. The van der Waals surface area contributed by atoms with Crippen LogP contribution in [0.4, 0.5) is 11.4 Å². The number of benzene rings is 1. The van der Waals surface area contributed by atoms with Gasteiger partial charge in [-0.25, -0.2) is 0 Å². The van der Waals surface area contributed by atoms with Gasteiger partial charge in [-0.15, -0.1) is 0 Å². The number of anilines is 1. The lowest BCUT2D eigenvalue weighted by molar-refractivity contribution is -0.385. The van der Waals surface area contributed by atoms with E-state index in [2.05, 4.69) is 15.5 Å². The summed E-state index contributed by atoms with van der Waals surface area (Å²) in [5.74, 6) is 0.566. The molecule has 1 amide bonds. The van der Waals surface area contributed by atoms with Gasteiger partial charge in [-0.1, -0.05) is 12.1 Å². The zero-order chi connectivity index (χ0) is 21.8. The second kappa shape index (κ2) is 8.76. The second-order valence-corrected chi connectivity index (χ2v) is 6.95. The molecule has 0 fully saturated rings. The summed E-state index contributed by atoms with van der Waals surface area (Å²) in [6, 6.07) is 7.74. The molecular weight excluding hydrogens is 388 g/mol. The highest BCUT2D eigenvalue weighted by Crippen LogP contribution is 2.22. The summed E-state index contributed by atoms with van der Waals surface area (Å²) >= 11 is 0. The molecule has 0 unspecified atom stereocenters. The Kier molecular flexibility index (Phi) is 6.14. The van der Waals surface area contributed by atoms with Crippen LogP contribution in [0.2, 0.25) is 0 Å². The lowest BCUT2D eigenvalue weighted by atomic mass is 10.2. The molecule has 0 saturated carbocycles. The van der Waals surface area contributed by atoms with E-state index in [0.717, 1.165) is 22.7 Å². The lowest BCUT2D eigenvalue weighted by Crippen LogP contribution is -2.16. The number of amides is 1. The number of carbonyl (C=O) groups is 1. The Morgan fingerprint density at radius 3 is 2.67 bits per heavy atom. The number of nitrogens with zero attached hydrogens (tertiary/aromatic N) is 5. The van der Waals surface area contributed by atoms with Crippen LogP contribution in [0.25, 0.3) is 0 Å². The fourth-order valence-corrected chi connectivity index (χ4v) is 3.23. The van der Waals surface area contributed by atoms with E-state index in [1.54, 1.807) is 14.0 Å². The van der Waals surface area contributed by atoms with Crippen molar-refractivity contribution in [1.29, 1.82) is 0 Å². The molecule has 0 aliphatic carbocycles. The molecule has 10 nitrogen and oxygen atoms in total. The van der Waals surface area contributed by atoms with Crippen LogP contribution >= 0.6 is 0 Å². The van der Waals surface area contributed by atoms with Crippen molar-refractivity contribution in [1.82, 2.24) is 19.6 Å². The first-order valence-electron chi connectivity index (χ1n) is 9.43. The fourth-order valence-electron chi connectivity index (χ4n) is 3.23. The molecule has 2 heterocycles. The Hall–Kier alpha value is -3.69. The third-order valence-corrected chi connectivity index (χ3v) is 4.94. The van der Waals surface area contributed by atoms with E-state index >= 15 is 0 Å². The summed E-state index contributed by atoms with van der Waals surface area (Å²) in [6.07, 6.45) is 1.34. The maximum atomic E-state index is 12.5. The van der Waals surface area contributed by atoms with E-state index in [0.29, 0.717) is 17.9 Å². The molecule has 0 radical (unpaired) electrons. The Balaban J connectivity index is 1.66. The van der Waals surface area contributed by atoms with Gasteiger partial charge in [-0.2, -0.15) is 10.2 Å². The number of nitrogens with one attached hydrogen (secondary N) is 1. The molecule has 0 aliphatic heterocycles. The average molecular weight is 412 g/mol. The molecular formula is C20H24N6O4. The monoisotopic (exact) mass is 412 g/mol. The molecule has 0 atom stereocenters. The summed E-state index contributed by atoms with van der Waals surface area (Å²) in [6.45, 7) is 6.15. The van der Waals surface area contributed by atoms with Gasteiger partial charge in [-0.05, 0) is 38.5 Å². The SMILES string of the molecule is COc1cccc(Cn2nc(C)c(NC(=O)CCn3ncc([N+](=O)[O-])c3C)c2C)c1. The third kappa shape index (κ3) is 4.48. The average Bonchev–Trinajstić information content (AvgIpc) is 3.21. The summed E-state index contributed by atoms with van der Waals surface area (Å²) in [7, 11) is 1.62. The lowest BCUT2D eigenvalue weighted by Gasteiger charge is -2.09. The molecule has 3 rings (SSSR count). The number of carbonyl (C=O) groups excluding carboxylic acids is 1. The largest absolute Gasteiger partial charge is 0.497 e. The smallest absolute Gasteiger partial charge is 0.309 e. The van der Waals surface area contributed by atoms with Crippen LogP contribution in [0, 0.1) is 30.9 Å². The van der Waals surface area contributed by atoms with E-state index in [1.165, 1.54) is 10.9 Å². The van der Waals surface area contributed by atoms with Crippen LogP contribution in [0.3, 0.4) is 0 Å². The number of nitro groups is 1. The Morgan fingerprint density at radius 2 is 2.00 bits per heavy atom. The van der Waals surface area contributed by atoms with Crippen LogP contribution in [0.15, 0.2) is 30.5 Å². The van der Waals surface area contributed by atoms with E-state index in [4.69, 9.17) is 4.74 Å². The standard InChI is InChI=1S/C20H24N6O4/c1-13-20(15(3)25(23-13)12-16-6-5-7-17(10-16)30-4)22-19(27)8-9-24-14(2)18(11-21-24)26(28)29/h5-7,10-11H,8-9,12H2,1-4H3,(H,22,27). The quantitative estimate of drug-likeness (QED) is 0.449. The minimum Gasteiger partial charge on any atom is -0.497 e. The van der Waals surface area contributed by atoms with Gasteiger partial charge in [0.25, 0.3) is 0 Å². The molecule has 0 saturated heterocycles. The highest BCUT2D eigenvalue weighted by molar-refractivity contribution is 5.91. The third-order valence-electron chi connectivity index (χ3n) is 4.94. The first-order chi connectivity index (χ1) is 14.3. The van der Waals surface area contributed by atoms with Crippen molar-refractivity contribution in [2.45, 2.75) is 40.3 Å². The molecule has 3 aromatic rings. The van der Waals surface area contributed by atoms with Gasteiger partial charge >= 0.3 is 5.69 Å². The predicted octanol–water partition coefficient (Wildman–Crippen LogP) is 3.00. The van der Waals surface area contributed by atoms with E-state index in [1.807, 2.05) is 42.8 Å². The second-order valence-electron chi connectivity index (χ2n) is 6.95. The predicted molar refractivity (Wildman–Crippen MR) is 111 cm³/mol. The van der Waals surface area contributed by atoms with E-state index in [-0.39, 0.29) is 24.6 Å². The summed E-state index contributed by atoms with van der Waals surface area (Å²) < 4.78 is 8.56. The first kappa shape index (κ1) is 21.0. The number of rotatable bonds is 8. The molecule has 0 spiro atoms. The van der Waals surface area contributed by atoms with E-state index < -0.39 is 4.92 Å². The molecule has 10 heteroatoms. The maximum absolute atomic E-state index is 12.5. The minimum absolute atomic E-state index is 0.0547. The number of hydrogen-bond donors (Lipinski definition) is 1. The molecule has 0 aliphatic rings. The van der Waals surface area contributed by atoms with Crippen molar-refractivity contribution in [2.75, 3.05) is 12.4 Å². The Bertz CT molecular complexity index is 1090. The summed E-state index contributed by atoms with van der Waals surface area (Å²) in [5.41, 5.74) is 3.64. The topological polar surface area (TPSA) is 117 Å². The molecule has 30 heavy (non-hydrogen) atoms. The van der Waals surface area contributed by atoms with Crippen LogP contribution in [-0.2, 0) is 17.9 Å². The molecule has 1 aromatic carbocycles. The normalized spacial score (nSPS) is 10.8. The van der Waals surface area contributed by atoms with Crippen molar-refractivity contribution < 1.29 is 14.5 Å². The van der Waals surface area contributed by atoms with Crippen LogP contribution in [0.1, 0.15) is 29.1 Å². The number of aryl methyl sites for hydroxylation is 2. The van der Waals surface area contributed by atoms with Crippen molar-refractivity contribution in [3.63, 3.8) is 0 Å². The Labute approximate surface area is 173 Å². The number of methoxy groups -OCH3 is 1. The van der Waals surface area contributed by atoms with Gasteiger partial charge < -0.3 is 10.1 Å². The van der Waals surface area contributed by atoms with Crippen LogP contribution < -0.4 is 10.1 Å². The van der Waals surface area contributed by atoms with Gasteiger partial charge in [0, 0.05) is 6.42 Å². The Morgan fingerprint density at radius 1 is 1.23 bits per heavy atom. The molecule has 2 aromatic heterocycles. The maximum Gasteiger partial charge on any atom is 0.309 e. The minimum atomic E-state index is -0.484. The highest BCUT2D eigenvalue weighted by atomic mass is 16.6. The molecule has 158 valence electrons. The van der Waals surface area contributed by atoms with Crippen molar-refractivity contribution in [3.8, 4) is 5.75 Å². The van der Waals surface area contributed by atoms with Gasteiger partial charge in [0.1, 0.15) is 17.6 Å². The van der Waals surface area contributed by atoms with Crippen molar-refractivity contribution in [3.05, 3.63) is 63.2 Å². The van der Waals surface area contributed by atoms with E-state index in [9.17, 15) is 14.9 Å². The summed E-state index contributed by atoms with van der Waals surface area (Å²) in [5, 5.41) is 22.3. The van der Waals surface area contributed by atoms with Gasteiger partial charge in [0.15, 0.2) is 0 Å². The fraction of sp³-hybridized carbons (Fsp3) is 0.350. The number of hydrogen-bond acceptors (Lipinski definition) is 6. The zero-order valence-electron chi connectivity index (χ0n) is 17.4. The van der Waals surface area contributed by atoms with Gasteiger partial charge in [0.05, 0.1) is 42.2 Å². The van der Waals surface area contributed by atoms with Crippen molar-refractivity contribution >= 4 is 17.3 Å². The van der Waals surface area contributed by atoms with Gasteiger partial charge in [-0.3, -0.25) is 24.3 Å². The molecule has 1 N–H and O–H groups in total. The number of ether oxygens (including phenoxy) is 1. The molecule has 0 bridgehead atoms. The van der Waals surface area contributed by atoms with Crippen molar-refractivity contribution in [2.24, 2.45) is 0 Å². The van der Waals surface area contributed by atoms with Crippen LogP contribution in [-0.4, -0.2) is 37.5 Å². The van der Waals surface area contributed by atoms with Gasteiger partial charge in [0.2, 0.25) is 5.91 Å². The summed E-state index contributed by atoms with van der Waals surface area (Å²) in [4.78, 5) is 22.9.